The summed E-state index contributed by atoms with van der Waals surface area (Å²) in [6, 6.07) is 3.36. The lowest BCUT2D eigenvalue weighted by Gasteiger charge is -2.37. The molecule has 1 amide bonds. The Morgan fingerprint density at radius 3 is 2.64 bits per heavy atom. The number of ether oxygens (including phenoxy) is 1. The van der Waals surface area contributed by atoms with Crippen molar-refractivity contribution in [3.63, 3.8) is 0 Å². The zero-order valence-electron chi connectivity index (χ0n) is 13.6. The van der Waals surface area contributed by atoms with Gasteiger partial charge in [-0.2, -0.15) is 4.57 Å². The fourth-order valence-electron chi connectivity index (χ4n) is 3.36. The molecular formula is C16H20N2O7. The van der Waals surface area contributed by atoms with Crippen molar-refractivity contribution < 1.29 is 39.3 Å². The van der Waals surface area contributed by atoms with Crippen molar-refractivity contribution in [2.24, 2.45) is 0 Å². The molecule has 2 saturated heterocycles. The van der Waals surface area contributed by atoms with Gasteiger partial charge in [0.2, 0.25) is 5.91 Å². The molecule has 2 fully saturated rings. The second-order valence-corrected chi connectivity index (χ2v) is 6.38. The summed E-state index contributed by atoms with van der Waals surface area (Å²) in [7, 11) is 1.70. The predicted molar refractivity (Wildman–Crippen MR) is 78.3 cm³/mol. The van der Waals surface area contributed by atoms with Crippen LogP contribution in [0, 0.1) is 0 Å². The number of likely N-dealkylation sites (tertiary alicyclic amines) is 1. The molecule has 6 unspecified atom stereocenters. The third-order valence-corrected chi connectivity index (χ3v) is 4.84. The number of hydrogen-bond donors (Lipinski definition) is 3. The summed E-state index contributed by atoms with van der Waals surface area (Å²) in [5, 5.41) is 40.9. The summed E-state index contributed by atoms with van der Waals surface area (Å²) < 4.78 is 6.67. The molecule has 9 nitrogen and oxygen atoms in total. The number of pyridine rings is 1. The molecular weight excluding hydrogens is 332 g/mol. The molecule has 1 aromatic rings. The van der Waals surface area contributed by atoms with Crippen LogP contribution < -0.4 is 9.67 Å². The Bertz CT molecular complexity index is 682. The van der Waals surface area contributed by atoms with Crippen LogP contribution in [0.25, 0.3) is 0 Å². The van der Waals surface area contributed by atoms with Gasteiger partial charge in [-0.1, -0.05) is 0 Å². The number of aliphatic hydroxyl groups is 3. The lowest BCUT2D eigenvalue weighted by atomic mass is 9.97. The Balaban J connectivity index is 1.89. The smallest absolute Gasteiger partial charge is 0.292 e. The lowest BCUT2D eigenvalue weighted by molar-refractivity contribution is -0.777. The van der Waals surface area contributed by atoms with E-state index in [1.165, 1.54) is 4.57 Å². The number of carbonyl (C=O) groups is 2. The van der Waals surface area contributed by atoms with Gasteiger partial charge in [0.25, 0.3) is 6.23 Å². The molecule has 3 rings (SSSR count). The molecule has 0 aliphatic carbocycles. The number of carboxylic acids is 1. The maximum absolute atomic E-state index is 11.7. The van der Waals surface area contributed by atoms with Crippen molar-refractivity contribution in [3.05, 3.63) is 30.1 Å². The maximum atomic E-state index is 11.7. The zero-order valence-corrected chi connectivity index (χ0v) is 13.6. The fourth-order valence-corrected chi connectivity index (χ4v) is 3.36. The number of rotatable bonds is 3. The van der Waals surface area contributed by atoms with E-state index < -0.39 is 36.6 Å². The quantitative estimate of drug-likeness (QED) is 0.494. The topological polar surface area (TPSA) is 134 Å². The molecule has 6 atom stereocenters. The third kappa shape index (κ3) is 3.11. The highest BCUT2D eigenvalue weighted by Gasteiger charge is 2.49. The summed E-state index contributed by atoms with van der Waals surface area (Å²) in [6.07, 6.45) is -3.75. The van der Waals surface area contributed by atoms with Gasteiger partial charge in [0.15, 0.2) is 18.5 Å². The SMILES string of the molecule is CN1C(=O)CCC1c1ccc[n+](C2OC(C(=O)[O-])C(O)C(O)C2O)c1. The average molecular weight is 352 g/mol. The van der Waals surface area contributed by atoms with E-state index >= 15 is 0 Å². The molecule has 0 saturated carbocycles. The number of aromatic nitrogens is 1. The van der Waals surface area contributed by atoms with E-state index in [1.54, 1.807) is 30.4 Å². The Labute approximate surface area is 143 Å². The van der Waals surface area contributed by atoms with Crippen molar-refractivity contribution in [1.29, 1.82) is 0 Å². The zero-order chi connectivity index (χ0) is 18.3. The van der Waals surface area contributed by atoms with Crippen molar-refractivity contribution in [3.8, 4) is 0 Å². The maximum Gasteiger partial charge on any atom is 0.292 e. The normalized spacial score (nSPS) is 35.8. The number of carbonyl (C=O) groups excluding carboxylic acids is 2. The van der Waals surface area contributed by atoms with Crippen LogP contribution in [0.5, 0.6) is 0 Å². The highest BCUT2D eigenvalue weighted by atomic mass is 16.6. The Kier molecular flexibility index (Phi) is 4.74. The molecule has 0 aromatic carbocycles. The van der Waals surface area contributed by atoms with Crippen molar-refractivity contribution in [2.45, 2.75) is 49.5 Å². The summed E-state index contributed by atoms with van der Waals surface area (Å²) in [6.45, 7) is 0. The number of hydrogen-bond acceptors (Lipinski definition) is 7. The highest BCUT2D eigenvalue weighted by Crippen LogP contribution is 2.31. The van der Waals surface area contributed by atoms with Crippen molar-refractivity contribution >= 4 is 11.9 Å². The molecule has 3 N–H and O–H groups in total. The standard InChI is InChI=1S/C16H20N2O7/c1-17-9(4-5-10(17)19)8-3-2-6-18(7-8)15-13(22)11(20)12(21)14(25-15)16(23)24/h2-3,6-7,9,11-15,20-22H,4-5H2,1H3. The number of aliphatic carboxylic acids is 1. The van der Waals surface area contributed by atoms with Crippen LogP contribution in [-0.4, -0.2) is 63.6 Å². The summed E-state index contributed by atoms with van der Waals surface area (Å²) >= 11 is 0. The van der Waals surface area contributed by atoms with Gasteiger partial charge in [0, 0.05) is 25.1 Å². The van der Waals surface area contributed by atoms with E-state index in [0.29, 0.717) is 12.8 Å². The monoisotopic (exact) mass is 352 g/mol. The highest BCUT2D eigenvalue weighted by molar-refractivity contribution is 5.78. The summed E-state index contributed by atoms with van der Waals surface area (Å²) in [4.78, 5) is 24.4. The van der Waals surface area contributed by atoms with E-state index in [4.69, 9.17) is 4.74 Å². The number of carboxylic acid groups (broad SMARTS) is 1. The first-order chi connectivity index (χ1) is 11.8. The van der Waals surface area contributed by atoms with E-state index in [0.717, 1.165) is 5.56 Å². The molecule has 0 spiro atoms. The van der Waals surface area contributed by atoms with Crippen molar-refractivity contribution in [2.75, 3.05) is 7.05 Å². The Hall–Kier alpha value is -2.07. The molecule has 2 aliphatic rings. The summed E-state index contributed by atoms with van der Waals surface area (Å²) in [5.74, 6) is -1.65. The molecule has 1 aromatic heterocycles. The number of nitrogens with zero attached hydrogens (tertiary/aromatic N) is 2. The van der Waals surface area contributed by atoms with Gasteiger partial charge in [-0.15, -0.1) is 0 Å². The van der Waals surface area contributed by atoms with Gasteiger partial charge < -0.3 is 34.9 Å². The molecule has 0 radical (unpaired) electrons. The first-order valence-corrected chi connectivity index (χ1v) is 7.98. The average Bonchev–Trinajstić information content (AvgIpc) is 2.92. The van der Waals surface area contributed by atoms with Crippen LogP contribution >= 0.6 is 0 Å². The van der Waals surface area contributed by atoms with Gasteiger partial charge in [-0.3, -0.25) is 4.79 Å². The van der Waals surface area contributed by atoms with E-state index in [-0.39, 0.29) is 11.9 Å². The van der Waals surface area contributed by atoms with Crippen LogP contribution in [0.2, 0.25) is 0 Å². The van der Waals surface area contributed by atoms with Crippen LogP contribution in [0.3, 0.4) is 0 Å². The van der Waals surface area contributed by atoms with E-state index in [2.05, 4.69) is 0 Å². The minimum atomic E-state index is -1.79. The van der Waals surface area contributed by atoms with Gasteiger partial charge in [0.1, 0.15) is 18.3 Å². The molecule has 9 heteroatoms. The largest absolute Gasteiger partial charge is 0.547 e. The summed E-state index contributed by atoms with van der Waals surface area (Å²) in [5.41, 5.74) is 0.789. The van der Waals surface area contributed by atoms with Crippen LogP contribution in [0.1, 0.15) is 30.7 Å². The van der Waals surface area contributed by atoms with Crippen LogP contribution in [-0.2, 0) is 14.3 Å². The Morgan fingerprint density at radius 1 is 1.32 bits per heavy atom. The van der Waals surface area contributed by atoms with Crippen LogP contribution in [0.15, 0.2) is 24.5 Å². The molecule has 0 bridgehead atoms. The minimum absolute atomic E-state index is 0.0323. The molecule has 2 aliphatic heterocycles. The molecule has 25 heavy (non-hydrogen) atoms. The second-order valence-electron chi connectivity index (χ2n) is 6.38. The van der Waals surface area contributed by atoms with Crippen LogP contribution in [0.4, 0.5) is 0 Å². The fraction of sp³-hybridized carbons (Fsp3) is 0.562. The van der Waals surface area contributed by atoms with Gasteiger partial charge in [0.05, 0.1) is 12.0 Å². The first-order valence-electron chi connectivity index (χ1n) is 7.98. The predicted octanol–water partition coefficient (Wildman–Crippen LogP) is -3.00. The number of amides is 1. The molecule has 136 valence electrons. The van der Waals surface area contributed by atoms with Crippen molar-refractivity contribution in [1.82, 2.24) is 4.90 Å². The minimum Gasteiger partial charge on any atom is -0.547 e. The Morgan fingerprint density at radius 2 is 2.04 bits per heavy atom. The molecule has 3 heterocycles. The lowest BCUT2D eigenvalue weighted by Crippen LogP contribution is -2.65. The van der Waals surface area contributed by atoms with E-state index in [9.17, 15) is 30.0 Å². The second kappa shape index (κ2) is 6.68. The number of aliphatic hydroxyl groups excluding tert-OH is 3. The van der Waals surface area contributed by atoms with Gasteiger partial charge in [-0.25, -0.2) is 0 Å². The van der Waals surface area contributed by atoms with Gasteiger partial charge in [-0.05, 0) is 12.5 Å². The first kappa shape index (κ1) is 17.7. The third-order valence-electron chi connectivity index (χ3n) is 4.84. The van der Waals surface area contributed by atoms with E-state index in [1.807, 2.05) is 6.07 Å². The van der Waals surface area contributed by atoms with Gasteiger partial charge >= 0.3 is 0 Å².